The number of fused-ring (bicyclic) bond motifs is 1. The number of aromatic nitrogens is 3. The summed E-state index contributed by atoms with van der Waals surface area (Å²) in [4.78, 5) is 4.50. The van der Waals surface area contributed by atoms with Crippen LogP contribution in [0, 0.1) is 6.92 Å². The van der Waals surface area contributed by atoms with Crippen molar-refractivity contribution in [3.8, 4) is 0 Å². The third-order valence-corrected chi connectivity index (χ3v) is 5.40. The Morgan fingerprint density at radius 1 is 1.10 bits per heavy atom. The SMILES string of the molecule is Cc1c2[n+]3c4c(cccc4c4cncc5c4c3n1C5)CC2. The highest BCUT2D eigenvalue weighted by molar-refractivity contribution is 6.11. The molecule has 0 saturated carbocycles. The van der Waals surface area contributed by atoms with Crippen molar-refractivity contribution in [3.05, 3.63) is 53.1 Å². The first kappa shape index (κ1) is 10.3. The number of benzene rings is 1. The number of nitrogens with zero attached hydrogens (tertiary/aromatic N) is 3. The maximum atomic E-state index is 4.50. The molecule has 6 rings (SSSR count). The zero-order chi connectivity index (χ0) is 13.7. The molecule has 21 heavy (non-hydrogen) atoms. The minimum Gasteiger partial charge on any atom is -0.264 e. The van der Waals surface area contributed by atoms with Crippen LogP contribution in [0.4, 0.5) is 0 Å². The van der Waals surface area contributed by atoms with Gasteiger partial charge in [-0.1, -0.05) is 12.1 Å². The summed E-state index contributed by atoms with van der Waals surface area (Å²) in [5.41, 5.74) is 8.55. The van der Waals surface area contributed by atoms with Crippen molar-refractivity contribution in [2.24, 2.45) is 0 Å². The molecule has 4 aromatic rings. The predicted octanol–water partition coefficient (Wildman–Crippen LogP) is 2.70. The van der Waals surface area contributed by atoms with Crippen LogP contribution in [0.3, 0.4) is 0 Å². The van der Waals surface area contributed by atoms with E-state index in [0.29, 0.717) is 0 Å². The van der Waals surface area contributed by atoms with Gasteiger partial charge in [-0.05, 0) is 12.5 Å². The summed E-state index contributed by atoms with van der Waals surface area (Å²) in [6.07, 6.45) is 6.38. The molecule has 2 aliphatic rings. The third kappa shape index (κ3) is 0.963. The third-order valence-electron chi connectivity index (χ3n) is 5.40. The van der Waals surface area contributed by atoms with Crippen molar-refractivity contribution in [2.75, 3.05) is 0 Å². The Morgan fingerprint density at radius 2 is 2.05 bits per heavy atom. The van der Waals surface area contributed by atoms with Gasteiger partial charge in [-0.3, -0.25) is 4.98 Å². The van der Waals surface area contributed by atoms with E-state index in [2.05, 4.69) is 39.1 Å². The van der Waals surface area contributed by atoms with Crippen LogP contribution in [0.25, 0.3) is 27.3 Å². The highest BCUT2D eigenvalue weighted by atomic mass is 15.2. The number of para-hydroxylation sites is 1. The van der Waals surface area contributed by atoms with Crippen molar-refractivity contribution in [1.82, 2.24) is 9.55 Å². The normalized spacial score (nSPS) is 15.3. The average Bonchev–Trinajstić information content (AvgIpc) is 3.03. The van der Waals surface area contributed by atoms with Crippen molar-refractivity contribution < 1.29 is 4.40 Å². The molecule has 0 radical (unpaired) electrons. The average molecular weight is 272 g/mol. The fourth-order valence-electron chi connectivity index (χ4n) is 4.49. The Kier molecular flexibility index (Phi) is 1.52. The lowest BCUT2D eigenvalue weighted by Crippen LogP contribution is -2.31. The van der Waals surface area contributed by atoms with E-state index >= 15 is 0 Å². The molecule has 0 spiro atoms. The first-order valence-electron chi connectivity index (χ1n) is 7.58. The molecule has 0 bridgehead atoms. The van der Waals surface area contributed by atoms with Crippen LogP contribution in [-0.2, 0) is 19.4 Å². The zero-order valence-corrected chi connectivity index (χ0v) is 11.8. The van der Waals surface area contributed by atoms with Crippen LogP contribution in [0.2, 0.25) is 0 Å². The van der Waals surface area contributed by atoms with Crippen molar-refractivity contribution in [1.29, 1.82) is 0 Å². The smallest absolute Gasteiger partial charge is 0.264 e. The summed E-state index contributed by atoms with van der Waals surface area (Å²) in [5, 5.41) is 4.08. The topological polar surface area (TPSA) is 21.9 Å². The molecule has 0 amide bonds. The predicted molar refractivity (Wildman–Crippen MR) is 81.6 cm³/mol. The second-order valence-electron chi connectivity index (χ2n) is 6.31. The summed E-state index contributed by atoms with van der Waals surface area (Å²) in [6, 6.07) is 6.74. The molecule has 0 saturated heterocycles. The lowest BCUT2D eigenvalue weighted by Gasteiger charge is -2.13. The van der Waals surface area contributed by atoms with Crippen LogP contribution in [0.15, 0.2) is 30.6 Å². The van der Waals surface area contributed by atoms with Crippen LogP contribution in [0.5, 0.6) is 0 Å². The number of hydrogen-bond acceptors (Lipinski definition) is 1. The number of imidazole rings is 1. The molecule has 3 nitrogen and oxygen atoms in total. The second-order valence-corrected chi connectivity index (χ2v) is 6.31. The molecule has 100 valence electrons. The van der Waals surface area contributed by atoms with Gasteiger partial charge in [-0.25, -0.2) is 4.57 Å². The van der Waals surface area contributed by atoms with Crippen LogP contribution in [0.1, 0.15) is 22.5 Å². The van der Waals surface area contributed by atoms with Gasteiger partial charge in [0.1, 0.15) is 17.8 Å². The Morgan fingerprint density at radius 3 is 3.00 bits per heavy atom. The molecule has 5 heterocycles. The Balaban J connectivity index is 2.13. The van der Waals surface area contributed by atoms with Crippen LogP contribution >= 0.6 is 0 Å². The molecule has 1 aromatic carbocycles. The van der Waals surface area contributed by atoms with E-state index in [9.17, 15) is 0 Å². The van der Waals surface area contributed by atoms with Gasteiger partial charge in [-0.15, -0.1) is 0 Å². The Bertz CT molecular complexity index is 1120. The van der Waals surface area contributed by atoms with E-state index in [1.807, 2.05) is 12.4 Å². The first-order valence-corrected chi connectivity index (χ1v) is 7.58. The quantitative estimate of drug-likeness (QED) is 0.314. The van der Waals surface area contributed by atoms with E-state index in [1.54, 1.807) is 0 Å². The maximum absolute atomic E-state index is 4.50. The maximum Gasteiger partial charge on any atom is 0.296 e. The molecular formula is C18H14N3+. The largest absolute Gasteiger partial charge is 0.296 e. The summed E-state index contributed by atoms with van der Waals surface area (Å²) < 4.78 is 5.01. The summed E-state index contributed by atoms with van der Waals surface area (Å²) in [5.74, 6) is 0. The number of rotatable bonds is 0. The number of aryl methyl sites for hydroxylation is 2. The zero-order valence-electron chi connectivity index (χ0n) is 11.8. The molecular weight excluding hydrogens is 258 g/mol. The molecule has 2 aliphatic heterocycles. The Hall–Kier alpha value is -2.42. The van der Waals surface area contributed by atoms with Gasteiger partial charge in [0.2, 0.25) is 0 Å². The van der Waals surface area contributed by atoms with Gasteiger partial charge in [0, 0.05) is 47.6 Å². The van der Waals surface area contributed by atoms with E-state index in [4.69, 9.17) is 0 Å². The standard InChI is InChI=1S/C18H14N3/c1-10-15-6-5-11-3-2-4-13-14-8-19-7-12-9-20(10)18(16(12)14)21(15)17(11)13/h2-4,7-8H,5-6,9H2,1H3/q+1. The molecule has 0 aliphatic carbocycles. The number of pyridine rings is 2. The Labute approximate surface area is 121 Å². The second kappa shape index (κ2) is 3.08. The van der Waals surface area contributed by atoms with Gasteiger partial charge in [0.05, 0.1) is 5.39 Å². The molecule has 0 unspecified atom stereocenters. The highest BCUT2D eigenvalue weighted by Gasteiger charge is 2.35. The summed E-state index contributed by atoms with van der Waals surface area (Å²) in [6.45, 7) is 3.24. The summed E-state index contributed by atoms with van der Waals surface area (Å²) >= 11 is 0. The molecule has 3 aromatic heterocycles. The van der Waals surface area contributed by atoms with Gasteiger partial charge >= 0.3 is 0 Å². The van der Waals surface area contributed by atoms with E-state index in [-0.39, 0.29) is 0 Å². The van der Waals surface area contributed by atoms with Crippen molar-refractivity contribution in [3.63, 3.8) is 0 Å². The minimum absolute atomic E-state index is 0.973. The van der Waals surface area contributed by atoms with Gasteiger partial charge < -0.3 is 0 Å². The number of hydrogen-bond donors (Lipinski definition) is 0. The van der Waals surface area contributed by atoms with E-state index in [0.717, 1.165) is 19.4 Å². The van der Waals surface area contributed by atoms with E-state index in [1.165, 1.54) is 49.8 Å². The van der Waals surface area contributed by atoms with Gasteiger partial charge in [0.25, 0.3) is 5.65 Å². The molecule has 0 atom stereocenters. The fourth-order valence-corrected chi connectivity index (χ4v) is 4.49. The molecule has 3 heteroatoms. The highest BCUT2D eigenvalue weighted by Crippen LogP contribution is 2.37. The van der Waals surface area contributed by atoms with Crippen molar-refractivity contribution in [2.45, 2.75) is 26.3 Å². The van der Waals surface area contributed by atoms with Crippen molar-refractivity contribution >= 4 is 27.3 Å². The van der Waals surface area contributed by atoms with Gasteiger partial charge in [0.15, 0.2) is 5.69 Å². The van der Waals surface area contributed by atoms with Crippen LogP contribution in [-0.4, -0.2) is 9.55 Å². The van der Waals surface area contributed by atoms with Gasteiger partial charge in [-0.2, -0.15) is 4.40 Å². The van der Waals surface area contributed by atoms with E-state index < -0.39 is 0 Å². The monoisotopic (exact) mass is 272 g/mol. The first-order chi connectivity index (χ1) is 10.3. The summed E-state index contributed by atoms with van der Waals surface area (Å²) in [7, 11) is 0. The van der Waals surface area contributed by atoms with Crippen LogP contribution < -0.4 is 4.40 Å². The molecule has 0 N–H and O–H groups in total. The minimum atomic E-state index is 0.973. The lowest BCUT2D eigenvalue weighted by molar-refractivity contribution is -0.492. The lowest BCUT2D eigenvalue weighted by atomic mass is 9.96. The molecule has 0 fully saturated rings. The fraction of sp³-hybridized carbons (Fsp3) is 0.222.